The van der Waals surface area contributed by atoms with E-state index in [1.807, 2.05) is 12.1 Å². The number of nitrogens with one attached hydrogen (secondary N) is 1. The number of ether oxygens (including phenoxy) is 2. The Kier molecular flexibility index (Phi) is 6.69. The van der Waals surface area contributed by atoms with Gasteiger partial charge in [-0.15, -0.1) is 0 Å². The van der Waals surface area contributed by atoms with Crippen LogP contribution in [0.1, 0.15) is 21.5 Å². The molecule has 0 aliphatic carbocycles. The molecule has 0 bridgehead atoms. The van der Waals surface area contributed by atoms with Crippen molar-refractivity contribution in [2.75, 3.05) is 13.7 Å². The minimum Gasteiger partial charge on any atom is -0.435 e. The zero-order chi connectivity index (χ0) is 17.4. The summed E-state index contributed by atoms with van der Waals surface area (Å²) >= 11 is 0. The number of carbonyl (C=O) groups excluding carboxylic acids is 1. The molecule has 0 atom stereocenters. The Hall–Kier alpha value is -2.47. The number of benzene rings is 2. The molecule has 0 aliphatic heterocycles. The van der Waals surface area contributed by atoms with Crippen molar-refractivity contribution in [3.05, 3.63) is 65.2 Å². The Bertz CT molecular complexity index is 642. The first kappa shape index (κ1) is 17.9. The van der Waals surface area contributed by atoms with Crippen LogP contribution in [0.25, 0.3) is 0 Å². The van der Waals surface area contributed by atoms with Crippen LogP contribution in [-0.2, 0) is 17.8 Å². The fourth-order valence-corrected chi connectivity index (χ4v) is 2.18. The molecule has 0 heterocycles. The van der Waals surface area contributed by atoms with Gasteiger partial charge in [0.2, 0.25) is 0 Å². The first-order chi connectivity index (χ1) is 11.6. The summed E-state index contributed by atoms with van der Waals surface area (Å²) in [4.78, 5) is 12.0. The number of hydrogen-bond donors (Lipinski definition) is 1. The van der Waals surface area contributed by atoms with E-state index >= 15 is 0 Å². The average Bonchev–Trinajstić information content (AvgIpc) is 2.57. The van der Waals surface area contributed by atoms with Crippen molar-refractivity contribution in [1.29, 1.82) is 0 Å². The normalized spacial score (nSPS) is 10.7. The molecular weight excluding hydrogens is 316 g/mol. The maximum atomic E-state index is 12.1. The molecule has 0 unspecified atom stereocenters. The molecule has 128 valence electrons. The third-order valence-electron chi connectivity index (χ3n) is 3.37. The van der Waals surface area contributed by atoms with Crippen LogP contribution in [0.5, 0.6) is 5.75 Å². The van der Waals surface area contributed by atoms with Crippen molar-refractivity contribution in [1.82, 2.24) is 5.32 Å². The summed E-state index contributed by atoms with van der Waals surface area (Å²) in [6, 6.07) is 13.6. The Morgan fingerprint density at radius 3 is 2.25 bits per heavy atom. The van der Waals surface area contributed by atoms with E-state index in [2.05, 4.69) is 10.1 Å². The quantitative estimate of drug-likeness (QED) is 0.804. The highest BCUT2D eigenvalue weighted by Gasteiger charge is 2.06. The second-order valence-electron chi connectivity index (χ2n) is 5.16. The van der Waals surface area contributed by atoms with Crippen LogP contribution in [0.3, 0.4) is 0 Å². The molecule has 0 spiro atoms. The van der Waals surface area contributed by atoms with Crippen LogP contribution in [0.2, 0.25) is 0 Å². The first-order valence-electron chi connectivity index (χ1n) is 7.48. The van der Waals surface area contributed by atoms with Crippen molar-refractivity contribution in [2.45, 2.75) is 19.6 Å². The van der Waals surface area contributed by atoms with Crippen LogP contribution in [-0.4, -0.2) is 26.2 Å². The Labute approximate surface area is 139 Å². The summed E-state index contributed by atoms with van der Waals surface area (Å²) in [6.45, 7) is -1.87. The molecule has 0 aromatic heterocycles. The molecule has 0 aliphatic rings. The molecule has 6 heteroatoms. The van der Waals surface area contributed by atoms with Crippen LogP contribution < -0.4 is 10.1 Å². The molecule has 2 rings (SSSR count). The standard InChI is InChI=1S/C18H19F2NO3/c1-23-12-14-2-6-15(7-3-14)17(22)21-11-10-13-4-8-16(9-5-13)24-18(19)20/h2-9,18H,10-12H2,1H3,(H,21,22). The van der Waals surface area contributed by atoms with Crippen LogP contribution >= 0.6 is 0 Å². The highest BCUT2D eigenvalue weighted by molar-refractivity contribution is 5.94. The van der Waals surface area contributed by atoms with Crippen LogP contribution in [0, 0.1) is 0 Å². The van der Waals surface area contributed by atoms with Gasteiger partial charge in [0.15, 0.2) is 0 Å². The Morgan fingerprint density at radius 1 is 1.04 bits per heavy atom. The minimum atomic E-state index is -2.83. The number of carbonyl (C=O) groups is 1. The average molecular weight is 335 g/mol. The number of halogens is 2. The number of hydrogen-bond acceptors (Lipinski definition) is 3. The smallest absolute Gasteiger partial charge is 0.387 e. The van der Waals surface area contributed by atoms with Gasteiger partial charge in [0.1, 0.15) is 5.75 Å². The zero-order valence-electron chi connectivity index (χ0n) is 13.3. The van der Waals surface area contributed by atoms with Crippen LogP contribution in [0.15, 0.2) is 48.5 Å². The lowest BCUT2D eigenvalue weighted by atomic mass is 10.1. The lowest BCUT2D eigenvalue weighted by molar-refractivity contribution is -0.0498. The van der Waals surface area contributed by atoms with E-state index in [1.165, 1.54) is 12.1 Å². The molecule has 24 heavy (non-hydrogen) atoms. The van der Waals surface area contributed by atoms with Gasteiger partial charge in [-0.1, -0.05) is 24.3 Å². The zero-order valence-corrected chi connectivity index (χ0v) is 13.3. The molecule has 0 radical (unpaired) electrons. The number of rotatable bonds is 8. The lowest BCUT2D eigenvalue weighted by Crippen LogP contribution is -2.25. The van der Waals surface area contributed by atoms with E-state index in [-0.39, 0.29) is 11.7 Å². The summed E-state index contributed by atoms with van der Waals surface area (Å²) in [5.74, 6) is -0.0365. The summed E-state index contributed by atoms with van der Waals surface area (Å²) in [5, 5.41) is 2.82. The molecule has 4 nitrogen and oxygen atoms in total. The van der Waals surface area contributed by atoms with Gasteiger partial charge in [0, 0.05) is 19.2 Å². The molecular formula is C18H19F2NO3. The Balaban J connectivity index is 1.79. The number of methoxy groups -OCH3 is 1. The van der Waals surface area contributed by atoms with E-state index < -0.39 is 6.61 Å². The summed E-state index contributed by atoms with van der Waals surface area (Å²) < 4.78 is 33.4. The second-order valence-corrected chi connectivity index (χ2v) is 5.16. The fourth-order valence-electron chi connectivity index (χ4n) is 2.18. The van der Waals surface area contributed by atoms with Gasteiger partial charge in [0.05, 0.1) is 6.61 Å². The van der Waals surface area contributed by atoms with Gasteiger partial charge in [0.25, 0.3) is 5.91 Å². The molecule has 2 aromatic rings. The maximum Gasteiger partial charge on any atom is 0.387 e. The molecule has 0 fully saturated rings. The summed E-state index contributed by atoms with van der Waals surface area (Å²) in [6.07, 6.45) is 0.600. The van der Waals surface area contributed by atoms with Gasteiger partial charge >= 0.3 is 6.61 Å². The van der Waals surface area contributed by atoms with Gasteiger partial charge < -0.3 is 14.8 Å². The summed E-state index contributed by atoms with van der Waals surface area (Å²) in [7, 11) is 1.62. The highest BCUT2D eigenvalue weighted by Crippen LogP contribution is 2.15. The third-order valence-corrected chi connectivity index (χ3v) is 3.37. The third kappa shape index (κ3) is 5.62. The molecule has 1 N–H and O–H groups in total. The predicted octanol–water partition coefficient (Wildman–Crippen LogP) is 3.41. The van der Waals surface area contributed by atoms with Gasteiger partial charge in [-0.05, 0) is 41.8 Å². The highest BCUT2D eigenvalue weighted by atomic mass is 19.3. The van der Waals surface area contributed by atoms with Gasteiger partial charge in [-0.25, -0.2) is 0 Å². The van der Waals surface area contributed by atoms with E-state index in [0.29, 0.717) is 25.1 Å². The topological polar surface area (TPSA) is 47.6 Å². The van der Waals surface area contributed by atoms with E-state index in [9.17, 15) is 13.6 Å². The lowest BCUT2D eigenvalue weighted by Gasteiger charge is -2.08. The van der Waals surface area contributed by atoms with E-state index in [0.717, 1.165) is 11.1 Å². The van der Waals surface area contributed by atoms with Gasteiger partial charge in [-0.3, -0.25) is 4.79 Å². The molecule has 1 amide bonds. The Morgan fingerprint density at radius 2 is 1.67 bits per heavy atom. The van der Waals surface area contributed by atoms with Crippen molar-refractivity contribution in [3.63, 3.8) is 0 Å². The summed E-state index contributed by atoms with van der Waals surface area (Å²) in [5.41, 5.74) is 2.50. The van der Waals surface area contributed by atoms with Crippen molar-refractivity contribution in [3.8, 4) is 5.75 Å². The van der Waals surface area contributed by atoms with Crippen molar-refractivity contribution < 1.29 is 23.0 Å². The molecule has 0 saturated carbocycles. The van der Waals surface area contributed by atoms with Crippen molar-refractivity contribution in [2.24, 2.45) is 0 Å². The monoisotopic (exact) mass is 335 g/mol. The van der Waals surface area contributed by atoms with Gasteiger partial charge in [-0.2, -0.15) is 8.78 Å². The van der Waals surface area contributed by atoms with Crippen LogP contribution in [0.4, 0.5) is 8.78 Å². The molecule has 0 saturated heterocycles. The number of alkyl halides is 2. The molecule has 2 aromatic carbocycles. The van der Waals surface area contributed by atoms with E-state index in [4.69, 9.17) is 4.74 Å². The minimum absolute atomic E-state index is 0.119. The predicted molar refractivity (Wildman–Crippen MR) is 86.3 cm³/mol. The fraction of sp³-hybridized carbons (Fsp3) is 0.278. The second kappa shape index (κ2) is 8.98. The first-order valence-corrected chi connectivity index (χ1v) is 7.48. The van der Waals surface area contributed by atoms with E-state index in [1.54, 1.807) is 31.4 Å². The largest absolute Gasteiger partial charge is 0.435 e. The van der Waals surface area contributed by atoms with Crippen molar-refractivity contribution >= 4 is 5.91 Å². The number of amides is 1. The SMILES string of the molecule is COCc1ccc(C(=O)NCCc2ccc(OC(F)F)cc2)cc1. The maximum absolute atomic E-state index is 12.1.